The molecular formula is C16H29N3. The lowest BCUT2D eigenvalue weighted by molar-refractivity contribution is 0.107. The molecule has 0 aromatic carbocycles. The van der Waals surface area contributed by atoms with Crippen molar-refractivity contribution in [1.29, 1.82) is 5.26 Å². The van der Waals surface area contributed by atoms with Crippen LogP contribution in [0.1, 0.15) is 58.8 Å². The van der Waals surface area contributed by atoms with E-state index in [9.17, 15) is 5.26 Å². The summed E-state index contributed by atoms with van der Waals surface area (Å²) in [6.07, 6.45) is 8.77. The highest BCUT2D eigenvalue weighted by molar-refractivity contribution is 5.17. The summed E-state index contributed by atoms with van der Waals surface area (Å²) in [7, 11) is 0. The highest BCUT2D eigenvalue weighted by atomic mass is 15.2. The number of nitriles is 1. The number of nitrogens with one attached hydrogen (secondary N) is 1. The van der Waals surface area contributed by atoms with Gasteiger partial charge in [0, 0.05) is 12.6 Å². The number of hydrogen-bond donors (Lipinski definition) is 1. The van der Waals surface area contributed by atoms with E-state index < -0.39 is 0 Å². The molecule has 2 atom stereocenters. The number of nitrogens with zero attached hydrogens (tertiary/aromatic N) is 2. The predicted octanol–water partition coefficient (Wildman–Crippen LogP) is 2.92. The van der Waals surface area contributed by atoms with Gasteiger partial charge in [-0.3, -0.25) is 10.2 Å². The minimum atomic E-state index is -0.277. The van der Waals surface area contributed by atoms with Crippen LogP contribution in [0.3, 0.4) is 0 Å². The molecule has 0 aromatic heterocycles. The van der Waals surface area contributed by atoms with E-state index in [1.807, 2.05) is 0 Å². The molecule has 1 aliphatic carbocycles. The minimum Gasteiger partial charge on any atom is -0.298 e. The van der Waals surface area contributed by atoms with Crippen LogP contribution in [-0.2, 0) is 0 Å². The molecule has 0 bridgehead atoms. The van der Waals surface area contributed by atoms with Crippen molar-refractivity contribution in [3.63, 3.8) is 0 Å². The summed E-state index contributed by atoms with van der Waals surface area (Å²) < 4.78 is 0. The van der Waals surface area contributed by atoms with Crippen molar-refractivity contribution in [2.75, 3.05) is 19.6 Å². The summed E-state index contributed by atoms with van der Waals surface area (Å²) in [4.78, 5) is 2.59. The molecule has 2 unspecified atom stereocenters. The van der Waals surface area contributed by atoms with Crippen molar-refractivity contribution in [3.05, 3.63) is 0 Å². The van der Waals surface area contributed by atoms with E-state index in [0.29, 0.717) is 12.0 Å². The zero-order chi connectivity index (χ0) is 13.7. The number of piperidine rings is 1. The molecule has 0 radical (unpaired) electrons. The molecule has 3 nitrogen and oxygen atoms in total. The van der Waals surface area contributed by atoms with Crippen molar-refractivity contribution in [2.24, 2.45) is 5.92 Å². The van der Waals surface area contributed by atoms with Crippen molar-refractivity contribution >= 4 is 0 Å². The molecule has 108 valence electrons. The van der Waals surface area contributed by atoms with E-state index in [2.05, 4.69) is 30.1 Å². The van der Waals surface area contributed by atoms with Gasteiger partial charge in [-0.2, -0.15) is 5.26 Å². The summed E-state index contributed by atoms with van der Waals surface area (Å²) in [5.41, 5.74) is -0.277. The maximum absolute atomic E-state index is 9.76. The Morgan fingerprint density at radius 3 is 2.63 bits per heavy atom. The Labute approximate surface area is 118 Å². The average molecular weight is 263 g/mol. The van der Waals surface area contributed by atoms with Gasteiger partial charge in [0.05, 0.1) is 6.07 Å². The third-order valence-electron chi connectivity index (χ3n) is 4.84. The van der Waals surface area contributed by atoms with Gasteiger partial charge in [0.15, 0.2) is 0 Å². The Morgan fingerprint density at radius 1 is 1.26 bits per heavy atom. The first-order chi connectivity index (χ1) is 9.25. The largest absolute Gasteiger partial charge is 0.298 e. The van der Waals surface area contributed by atoms with Crippen LogP contribution in [0, 0.1) is 17.2 Å². The second-order valence-electron chi connectivity index (χ2n) is 6.31. The number of likely N-dealkylation sites (tertiary alicyclic amines) is 1. The van der Waals surface area contributed by atoms with E-state index >= 15 is 0 Å². The van der Waals surface area contributed by atoms with E-state index in [4.69, 9.17) is 0 Å². The van der Waals surface area contributed by atoms with E-state index in [-0.39, 0.29) is 5.54 Å². The topological polar surface area (TPSA) is 39.1 Å². The quantitative estimate of drug-likeness (QED) is 0.767. The Bertz CT molecular complexity index is 318. The molecule has 2 rings (SSSR count). The van der Waals surface area contributed by atoms with Gasteiger partial charge in [0.25, 0.3) is 0 Å². The Hall–Kier alpha value is -0.590. The molecule has 1 saturated carbocycles. The fourth-order valence-electron chi connectivity index (χ4n) is 3.47. The molecule has 0 spiro atoms. The fourth-order valence-corrected chi connectivity index (χ4v) is 3.47. The zero-order valence-electron chi connectivity index (χ0n) is 12.6. The molecule has 2 fully saturated rings. The molecule has 1 N–H and O–H groups in total. The molecule has 0 amide bonds. The van der Waals surface area contributed by atoms with E-state index in [1.54, 1.807) is 0 Å². The first-order valence-corrected chi connectivity index (χ1v) is 8.16. The van der Waals surface area contributed by atoms with Gasteiger partial charge >= 0.3 is 0 Å². The highest BCUT2D eigenvalue weighted by Crippen LogP contribution is 2.40. The Morgan fingerprint density at radius 2 is 2.05 bits per heavy atom. The lowest BCUT2D eigenvalue weighted by atomic mass is 9.90. The monoisotopic (exact) mass is 263 g/mol. The van der Waals surface area contributed by atoms with E-state index in [1.165, 1.54) is 45.1 Å². The standard InChI is InChI=1S/C16H29N3/c1-3-10-18-16(12-17,14-8-9-14)13-19-11-6-5-7-15(19)4-2/h14-15,18H,3-11,13H2,1-2H3. The van der Waals surface area contributed by atoms with Crippen LogP contribution in [0.25, 0.3) is 0 Å². The predicted molar refractivity (Wildman–Crippen MR) is 78.9 cm³/mol. The Kier molecular flexibility index (Phi) is 5.24. The molecule has 0 aromatic rings. The van der Waals surface area contributed by atoms with Crippen LogP contribution in [0.2, 0.25) is 0 Å². The number of rotatable bonds is 7. The van der Waals surface area contributed by atoms with Crippen LogP contribution in [0.15, 0.2) is 0 Å². The third-order valence-corrected chi connectivity index (χ3v) is 4.84. The lowest BCUT2D eigenvalue weighted by Crippen LogP contribution is -2.57. The zero-order valence-corrected chi connectivity index (χ0v) is 12.6. The minimum absolute atomic E-state index is 0.277. The molecular weight excluding hydrogens is 234 g/mol. The van der Waals surface area contributed by atoms with Crippen molar-refractivity contribution in [3.8, 4) is 6.07 Å². The van der Waals surface area contributed by atoms with E-state index in [0.717, 1.165) is 19.5 Å². The summed E-state index contributed by atoms with van der Waals surface area (Å²) >= 11 is 0. The SMILES string of the molecule is CCCNC(C#N)(CN1CCCCC1CC)C1CC1. The average Bonchev–Trinajstić information content (AvgIpc) is 3.29. The first-order valence-electron chi connectivity index (χ1n) is 8.16. The maximum atomic E-state index is 9.76. The van der Waals surface area contributed by atoms with Crippen LogP contribution in [0.4, 0.5) is 0 Å². The van der Waals surface area contributed by atoms with Crippen molar-refractivity contribution in [1.82, 2.24) is 10.2 Å². The third kappa shape index (κ3) is 3.49. The normalized spacial score (nSPS) is 27.7. The molecule has 3 heteroatoms. The van der Waals surface area contributed by atoms with Gasteiger partial charge in [-0.1, -0.05) is 20.3 Å². The highest BCUT2D eigenvalue weighted by Gasteiger charge is 2.47. The van der Waals surface area contributed by atoms with Gasteiger partial charge < -0.3 is 0 Å². The first kappa shape index (κ1) is 14.8. The summed E-state index contributed by atoms with van der Waals surface area (Å²) in [6, 6.07) is 3.35. The maximum Gasteiger partial charge on any atom is 0.122 e. The fraction of sp³-hybridized carbons (Fsp3) is 0.938. The molecule has 1 saturated heterocycles. The van der Waals surface area contributed by atoms with Gasteiger partial charge in [-0.05, 0) is 57.5 Å². The van der Waals surface area contributed by atoms with Crippen LogP contribution < -0.4 is 5.32 Å². The molecule has 19 heavy (non-hydrogen) atoms. The summed E-state index contributed by atoms with van der Waals surface area (Å²) in [5, 5.41) is 13.3. The van der Waals surface area contributed by atoms with Crippen molar-refractivity contribution < 1.29 is 0 Å². The van der Waals surface area contributed by atoms with Crippen LogP contribution in [0.5, 0.6) is 0 Å². The number of hydrogen-bond acceptors (Lipinski definition) is 3. The Balaban J connectivity index is 2.03. The van der Waals surface area contributed by atoms with Gasteiger partial charge in [0.2, 0.25) is 0 Å². The van der Waals surface area contributed by atoms with Gasteiger partial charge in [0.1, 0.15) is 5.54 Å². The van der Waals surface area contributed by atoms with Crippen LogP contribution >= 0.6 is 0 Å². The molecule has 1 heterocycles. The summed E-state index contributed by atoms with van der Waals surface area (Å²) in [6.45, 7) is 7.55. The van der Waals surface area contributed by atoms with Gasteiger partial charge in [-0.15, -0.1) is 0 Å². The lowest BCUT2D eigenvalue weighted by Gasteiger charge is -2.41. The second-order valence-corrected chi connectivity index (χ2v) is 6.31. The van der Waals surface area contributed by atoms with Crippen LogP contribution in [-0.4, -0.2) is 36.1 Å². The van der Waals surface area contributed by atoms with Gasteiger partial charge in [-0.25, -0.2) is 0 Å². The molecule has 2 aliphatic rings. The smallest absolute Gasteiger partial charge is 0.122 e. The second kappa shape index (κ2) is 6.72. The van der Waals surface area contributed by atoms with Crippen molar-refractivity contribution in [2.45, 2.75) is 70.4 Å². The molecule has 1 aliphatic heterocycles. The summed E-state index contributed by atoms with van der Waals surface area (Å²) in [5.74, 6) is 0.587.